The van der Waals surface area contributed by atoms with Crippen molar-refractivity contribution in [1.29, 1.82) is 0 Å². The van der Waals surface area contributed by atoms with E-state index in [1.165, 1.54) is 0 Å². The summed E-state index contributed by atoms with van der Waals surface area (Å²) in [7, 11) is 0. The van der Waals surface area contributed by atoms with E-state index in [4.69, 9.17) is 9.47 Å². The van der Waals surface area contributed by atoms with E-state index >= 15 is 0 Å². The molecule has 6 nitrogen and oxygen atoms in total. The zero-order valence-electron chi connectivity index (χ0n) is 11.7. The van der Waals surface area contributed by atoms with Crippen LogP contribution in [0.4, 0.5) is 0 Å². The summed E-state index contributed by atoms with van der Waals surface area (Å²) in [5.41, 5.74) is 0.822. The van der Waals surface area contributed by atoms with Gasteiger partial charge >= 0.3 is 0 Å². The second kappa shape index (κ2) is 8.33. The number of hydrogen-bond acceptors (Lipinski definition) is 6. The molecule has 0 aliphatic heterocycles. The molecule has 2 rings (SSSR count). The highest BCUT2D eigenvalue weighted by molar-refractivity contribution is 7.13. The van der Waals surface area contributed by atoms with Crippen LogP contribution in [0.25, 0.3) is 10.6 Å². The summed E-state index contributed by atoms with van der Waals surface area (Å²) < 4.78 is 10.4. The van der Waals surface area contributed by atoms with Crippen molar-refractivity contribution in [1.82, 2.24) is 15.5 Å². The maximum Gasteiger partial charge on any atom is 0.246 e. The minimum Gasteiger partial charge on any atom is -0.475 e. The first-order valence-electron chi connectivity index (χ1n) is 6.64. The Hall–Kier alpha value is -1.99. The number of rotatable bonds is 8. The first-order chi connectivity index (χ1) is 10.3. The van der Waals surface area contributed by atoms with Gasteiger partial charge in [0, 0.05) is 12.7 Å². The third-order valence-electron chi connectivity index (χ3n) is 2.53. The van der Waals surface area contributed by atoms with Crippen LogP contribution in [-0.2, 0) is 9.53 Å². The zero-order chi connectivity index (χ0) is 14.9. The largest absolute Gasteiger partial charge is 0.475 e. The third-order valence-corrected chi connectivity index (χ3v) is 3.42. The minimum absolute atomic E-state index is 0.0752. The summed E-state index contributed by atoms with van der Waals surface area (Å²) in [5, 5.41) is 12.8. The number of carbonyl (C=O) groups excluding carboxylic acids is 1. The quantitative estimate of drug-likeness (QED) is 0.752. The van der Waals surface area contributed by atoms with Crippen LogP contribution in [0.5, 0.6) is 5.88 Å². The zero-order valence-corrected chi connectivity index (χ0v) is 12.6. The number of nitrogens with one attached hydrogen (secondary N) is 1. The maximum atomic E-state index is 11.3. The molecule has 0 radical (unpaired) electrons. The minimum atomic E-state index is -0.153. The summed E-state index contributed by atoms with van der Waals surface area (Å²) >= 11 is 1.61. The molecular formula is C14H17N3O3S. The molecule has 0 bridgehead atoms. The molecule has 1 amide bonds. The van der Waals surface area contributed by atoms with Crippen molar-refractivity contribution in [2.75, 3.05) is 26.4 Å². The van der Waals surface area contributed by atoms with E-state index in [-0.39, 0.29) is 12.5 Å². The number of amides is 1. The van der Waals surface area contributed by atoms with E-state index < -0.39 is 0 Å². The van der Waals surface area contributed by atoms with Gasteiger partial charge in [-0.1, -0.05) is 6.07 Å². The predicted molar refractivity (Wildman–Crippen MR) is 80.3 cm³/mol. The van der Waals surface area contributed by atoms with Crippen LogP contribution in [0.2, 0.25) is 0 Å². The molecule has 0 saturated heterocycles. The summed E-state index contributed by atoms with van der Waals surface area (Å²) in [5.74, 6) is 0.286. The topological polar surface area (TPSA) is 73.3 Å². The molecule has 112 valence electrons. The van der Waals surface area contributed by atoms with Crippen LogP contribution in [-0.4, -0.2) is 42.5 Å². The summed E-state index contributed by atoms with van der Waals surface area (Å²) in [6.07, 6.45) is 0. The van der Waals surface area contributed by atoms with Gasteiger partial charge in [0.25, 0.3) is 0 Å². The Bertz CT molecular complexity index is 543. The number of carbonyl (C=O) groups is 1. The number of ether oxygens (including phenoxy) is 2. The molecule has 0 aliphatic rings. The highest BCUT2D eigenvalue weighted by Gasteiger charge is 2.03. The van der Waals surface area contributed by atoms with E-state index in [1.807, 2.05) is 30.5 Å². The fourth-order valence-electron chi connectivity index (χ4n) is 1.54. The predicted octanol–water partition coefficient (Wildman–Crippen LogP) is 1.74. The Kier molecular flexibility index (Phi) is 6.11. The van der Waals surface area contributed by atoms with Crippen LogP contribution < -0.4 is 10.1 Å². The first kappa shape index (κ1) is 15.4. The van der Waals surface area contributed by atoms with Crippen molar-refractivity contribution in [3.05, 3.63) is 29.6 Å². The average molecular weight is 307 g/mol. The van der Waals surface area contributed by atoms with Crippen molar-refractivity contribution in [2.24, 2.45) is 0 Å². The molecule has 21 heavy (non-hydrogen) atoms. The molecule has 0 atom stereocenters. The van der Waals surface area contributed by atoms with Crippen LogP contribution in [0.1, 0.15) is 6.92 Å². The molecule has 2 aromatic heterocycles. The Morgan fingerprint density at radius 2 is 2.24 bits per heavy atom. The fourth-order valence-corrected chi connectivity index (χ4v) is 2.24. The normalized spacial score (nSPS) is 10.3. The summed E-state index contributed by atoms with van der Waals surface area (Å²) in [6.45, 7) is 3.18. The van der Waals surface area contributed by atoms with Crippen molar-refractivity contribution in [2.45, 2.75) is 6.92 Å². The Balaban J connectivity index is 1.71. The van der Waals surface area contributed by atoms with Crippen LogP contribution >= 0.6 is 11.3 Å². The lowest BCUT2D eigenvalue weighted by molar-refractivity contribution is -0.125. The molecule has 1 N–H and O–H groups in total. The third kappa shape index (κ3) is 5.13. The lowest BCUT2D eigenvalue weighted by Gasteiger charge is -2.07. The van der Waals surface area contributed by atoms with Gasteiger partial charge < -0.3 is 14.8 Å². The molecule has 0 fully saturated rings. The smallest absolute Gasteiger partial charge is 0.246 e. The van der Waals surface area contributed by atoms with Gasteiger partial charge in [-0.05, 0) is 24.4 Å². The van der Waals surface area contributed by atoms with E-state index in [2.05, 4.69) is 15.5 Å². The molecule has 2 aromatic rings. The molecule has 0 aromatic carbocycles. The fraction of sp³-hybridized carbons (Fsp3) is 0.357. The van der Waals surface area contributed by atoms with E-state index in [1.54, 1.807) is 17.4 Å². The molecule has 0 aliphatic carbocycles. The van der Waals surface area contributed by atoms with Crippen LogP contribution in [0, 0.1) is 0 Å². The highest BCUT2D eigenvalue weighted by atomic mass is 32.1. The van der Waals surface area contributed by atoms with Gasteiger partial charge in [0.1, 0.15) is 18.9 Å². The number of nitrogens with zero attached hydrogens (tertiary/aromatic N) is 2. The number of hydrogen-bond donors (Lipinski definition) is 1. The first-order valence-corrected chi connectivity index (χ1v) is 7.52. The van der Waals surface area contributed by atoms with Crippen molar-refractivity contribution in [3.63, 3.8) is 0 Å². The van der Waals surface area contributed by atoms with Crippen molar-refractivity contribution < 1.29 is 14.3 Å². The van der Waals surface area contributed by atoms with Gasteiger partial charge in [-0.2, -0.15) is 0 Å². The lowest BCUT2D eigenvalue weighted by atomic mass is 10.3. The standard InChI is InChI=1S/C14H17N3O3S/c1-2-19-10-13(18)15-7-8-20-14-6-5-11(16-17-14)12-4-3-9-21-12/h3-6,9H,2,7-8,10H2,1H3,(H,15,18). The monoisotopic (exact) mass is 307 g/mol. The van der Waals surface area contributed by atoms with Gasteiger partial charge in [-0.15, -0.1) is 21.5 Å². The highest BCUT2D eigenvalue weighted by Crippen LogP contribution is 2.22. The summed E-state index contributed by atoms with van der Waals surface area (Å²) in [6, 6.07) is 7.59. The van der Waals surface area contributed by atoms with Gasteiger partial charge in [-0.25, -0.2) is 0 Å². The molecular weight excluding hydrogens is 290 g/mol. The SMILES string of the molecule is CCOCC(=O)NCCOc1ccc(-c2cccs2)nn1. The van der Waals surface area contributed by atoms with Crippen LogP contribution in [0.15, 0.2) is 29.6 Å². The van der Waals surface area contributed by atoms with Gasteiger partial charge in [0.2, 0.25) is 11.8 Å². The second-order valence-corrected chi connectivity index (χ2v) is 5.02. The second-order valence-electron chi connectivity index (χ2n) is 4.07. The molecule has 7 heteroatoms. The van der Waals surface area contributed by atoms with Crippen molar-refractivity contribution in [3.8, 4) is 16.5 Å². The van der Waals surface area contributed by atoms with E-state index in [9.17, 15) is 4.79 Å². The van der Waals surface area contributed by atoms with Gasteiger partial charge in [0.05, 0.1) is 11.4 Å². The maximum absolute atomic E-state index is 11.3. The average Bonchev–Trinajstić information content (AvgIpc) is 3.04. The van der Waals surface area contributed by atoms with Crippen molar-refractivity contribution >= 4 is 17.2 Å². The number of thiophene rings is 1. The van der Waals surface area contributed by atoms with E-state index in [0.29, 0.717) is 25.6 Å². The van der Waals surface area contributed by atoms with Gasteiger partial charge in [0.15, 0.2) is 0 Å². The molecule has 2 heterocycles. The summed E-state index contributed by atoms with van der Waals surface area (Å²) in [4.78, 5) is 12.3. The Morgan fingerprint density at radius 1 is 1.33 bits per heavy atom. The van der Waals surface area contributed by atoms with Crippen LogP contribution in [0.3, 0.4) is 0 Å². The van der Waals surface area contributed by atoms with Gasteiger partial charge in [-0.3, -0.25) is 4.79 Å². The Morgan fingerprint density at radius 3 is 2.90 bits per heavy atom. The Labute approximate surface area is 127 Å². The number of aromatic nitrogens is 2. The molecule has 0 spiro atoms. The molecule has 0 unspecified atom stereocenters. The molecule has 0 saturated carbocycles. The van der Waals surface area contributed by atoms with E-state index in [0.717, 1.165) is 10.6 Å². The lowest BCUT2D eigenvalue weighted by Crippen LogP contribution is -2.31.